The van der Waals surface area contributed by atoms with Gasteiger partial charge in [-0.15, -0.1) is 0 Å². The molecule has 0 radical (unpaired) electrons. The summed E-state index contributed by atoms with van der Waals surface area (Å²) < 4.78 is 0. The molecule has 122 valence electrons. The summed E-state index contributed by atoms with van der Waals surface area (Å²) in [5.74, 6) is -0.0865. The molecule has 3 rings (SSSR count). The van der Waals surface area contributed by atoms with Crippen LogP contribution in [0.25, 0.3) is 0 Å². The normalized spacial score (nSPS) is 23.5. The fourth-order valence-corrected chi connectivity index (χ4v) is 3.30. The highest BCUT2D eigenvalue weighted by Crippen LogP contribution is 2.33. The maximum Gasteiger partial charge on any atom is 0.293 e. The third-order valence-corrected chi connectivity index (χ3v) is 4.70. The summed E-state index contributed by atoms with van der Waals surface area (Å²) in [6.07, 6.45) is 2.10. The van der Waals surface area contributed by atoms with Crippen LogP contribution >= 0.6 is 0 Å². The fourth-order valence-electron chi connectivity index (χ4n) is 3.30. The highest BCUT2D eigenvalue weighted by Gasteiger charge is 2.45. The van der Waals surface area contributed by atoms with E-state index in [-0.39, 0.29) is 29.6 Å². The molecule has 1 aromatic carbocycles. The number of hydrogen-bond acceptors (Lipinski definition) is 5. The summed E-state index contributed by atoms with van der Waals surface area (Å²) in [5, 5.41) is 11.2. The molecule has 0 N–H and O–H groups in total. The van der Waals surface area contributed by atoms with E-state index in [9.17, 15) is 19.7 Å². The van der Waals surface area contributed by atoms with Crippen LogP contribution in [0.1, 0.15) is 26.2 Å². The highest BCUT2D eigenvalue weighted by atomic mass is 16.6. The van der Waals surface area contributed by atoms with Gasteiger partial charge in [0.05, 0.1) is 17.4 Å². The van der Waals surface area contributed by atoms with Crippen LogP contribution < -0.4 is 4.90 Å². The van der Waals surface area contributed by atoms with Gasteiger partial charge in [0.15, 0.2) is 0 Å². The first-order valence-corrected chi connectivity index (χ1v) is 7.83. The first kappa shape index (κ1) is 15.6. The zero-order valence-electron chi connectivity index (χ0n) is 13.0. The van der Waals surface area contributed by atoms with Crippen LogP contribution in [-0.4, -0.2) is 40.8 Å². The summed E-state index contributed by atoms with van der Waals surface area (Å²) in [5.41, 5.74) is -0.150. The number of imide groups is 1. The average molecular weight is 317 g/mol. The van der Waals surface area contributed by atoms with Gasteiger partial charge in [-0.3, -0.25) is 24.6 Å². The Labute approximate surface area is 134 Å². The Kier molecular flexibility index (Phi) is 4.12. The molecule has 0 spiro atoms. The van der Waals surface area contributed by atoms with Gasteiger partial charge < -0.3 is 0 Å². The number of amides is 2. The van der Waals surface area contributed by atoms with Gasteiger partial charge in [-0.1, -0.05) is 19.1 Å². The van der Waals surface area contributed by atoms with Gasteiger partial charge in [-0.25, -0.2) is 4.90 Å². The number of para-hydroxylation sites is 2. The third-order valence-electron chi connectivity index (χ3n) is 4.70. The number of carbonyl (C=O) groups is 2. The summed E-state index contributed by atoms with van der Waals surface area (Å²) in [4.78, 5) is 38.7. The third kappa shape index (κ3) is 2.84. The Balaban J connectivity index is 1.86. The molecule has 2 aliphatic rings. The molecule has 23 heavy (non-hydrogen) atoms. The van der Waals surface area contributed by atoms with Gasteiger partial charge in [-0.2, -0.15) is 0 Å². The minimum Gasteiger partial charge on any atom is -0.292 e. The lowest BCUT2D eigenvalue weighted by Gasteiger charge is -2.33. The quantitative estimate of drug-likeness (QED) is 0.483. The molecule has 2 heterocycles. The zero-order chi connectivity index (χ0) is 16.6. The lowest BCUT2D eigenvalue weighted by molar-refractivity contribution is -0.384. The molecule has 7 nitrogen and oxygen atoms in total. The van der Waals surface area contributed by atoms with Crippen molar-refractivity contribution in [1.82, 2.24) is 4.90 Å². The minimum atomic E-state index is -0.564. The highest BCUT2D eigenvalue weighted by molar-refractivity contribution is 6.23. The minimum absolute atomic E-state index is 0.0698. The van der Waals surface area contributed by atoms with Crippen molar-refractivity contribution in [3.8, 4) is 0 Å². The fraction of sp³-hybridized carbons (Fsp3) is 0.500. The zero-order valence-corrected chi connectivity index (χ0v) is 13.0. The van der Waals surface area contributed by atoms with Crippen LogP contribution in [0.3, 0.4) is 0 Å². The Bertz CT molecular complexity index is 652. The van der Waals surface area contributed by atoms with E-state index >= 15 is 0 Å². The standard InChI is InChI=1S/C16H19N3O4/c1-11-6-8-17(9-7-11)14-10-15(20)18(16(14)21)12-4-2-3-5-13(12)19(22)23/h2-5,11,14H,6-10H2,1H3/t14-/m0/s1. The van der Waals surface area contributed by atoms with Gasteiger partial charge in [-0.05, 0) is 37.9 Å². The summed E-state index contributed by atoms with van der Waals surface area (Å²) >= 11 is 0. The maximum atomic E-state index is 12.7. The first-order chi connectivity index (χ1) is 11.0. The lowest BCUT2D eigenvalue weighted by Crippen LogP contribution is -2.45. The van der Waals surface area contributed by atoms with E-state index in [0.29, 0.717) is 5.92 Å². The van der Waals surface area contributed by atoms with E-state index < -0.39 is 11.0 Å². The van der Waals surface area contributed by atoms with Crippen molar-refractivity contribution in [1.29, 1.82) is 0 Å². The van der Waals surface area contributed by atoms with Crippen molar-refractivity contribution in [2.75, 3.05) is 18.0 Å². The number of nitrogens with zero attached hydrogens (tertiary/aromatic N) is 3. The topological polar surface area (TPSA) is 83.8 Å². The molecule has 0 unspecified atom stereocenters. The van der Waals surface area contributed by atoms with Crippen LogP contribution in [0.5, 0.6) is 0 Å². The molecule has 1 atom stereocenters. The predicted octanol–water partition coefficient (Wildman–Crippen LogP) is 1.96. The number of anilines is 1. The molecule has 2 fully saturated rings. The lowest BCUT2D eigenvalue weighted by atomic mass is 9.97. The molecular weight excluding hydrogens is 298 g/mol. The molecule has 0 saturated carbocycles. The van der Waals surface area contributed by atoms with Crippen molar-refractivity contribution >= 4 is 23.2 Å². The molecule has 0 aliphatic carbocycles. The number of benzene rings is 1. The summed E-state index contributed by atoms with van der Waals surface area (Å²) in [7, 11) is 0. The van der Waals surface area contributed by atoms with Crippen molar-refractivity contribution in [3.05, 3.63) is 34.4 Å². The Hall–Kier alpha value is -2.28. The van der Waals surface area contributed by atoms with Crippen molar-refractivity contribution in [2.24, 2.45) is 5.92 Å². The largest absolute Gasteiger partial charge is 0.293 e. The Morgan fingerprint density at radius 1 is 1.17 bits per heavy atom. The molecule has 1 aromatic rings. The summed E-state index contributed by atoms with van der Waals surface area (Å²) in [6.45, 7) is 3.75. The van der Waals surface area contributed by atoms with E-state index in [1.54, 1.807) is 6.07 Å². The molecule has 2 saturated heterocycles. The second-order valence-electron chi connectivity index (χ2n) is 6.25. The number of rotatable bonds is 3. The SMILES string of the molecule is CC1CCN([C@H]2CC(=O)N(c3ccccc3[N+](=O)[O-])C2=O)CC1. The molecular formula is C16H19N3O4. The van der Waals surface area contributed by atoms with E-state index in [0.717, 1.165) is 30.8 Å². The number of nitro benzene ring substituents is 1. The average Bonchev–Trinajstić information content (AvgIpc) is 2.83. The number of likely N-dealkylation sites (tertiary alicyclic amines) is 1. The predicted molar refractivity (Wildman–Crippen MR) is 84.0 cm³/mol. The van der Waals surface area contributed by atoms with E-state index in [2.05, 4.69) is 6.92 Å². The van der Waals surface area contributed by atoms with Gasteiger partial charge in [0.25, 0.3) is 11.6 Å². The second kappa shape index (κ2) is 6.08. The molecule has 2 amide bonds. The van der Waals surface area contributed by atoms with E-state index in [1.807, 2.05) is 4.90 Å². The van der Waals surface area contributed by atoms with Crippen LogP contribution in [-0.2, 0) is 9.59 Å². The molecule has 0 aromatic heterocycles. The van der Waals surface area contributed by atoms with E-state index in [4.69, 9.17) is 0 Å². The smallest absolute Gasteiger partial charge is 0.292 e. The van der Waals surface area contributed by atoms with Crippen molar-refractivity contribution in [3.63, 3.8) is 0 Å². The van der Waals surface area contributed by atoms with Gasteiger partial charge in [0, 0.05) is 6.07 Å². The Morgan fingerprint density at radius 3 is 2.48 bits per heavy atom. The number of carbonyl (C=O) groups excluding carboxylic acids is 2. The van der Waals surface area contributed by atoms with Crippen molar-refractivity contribution < 1.29 is 14.5 Å². The maximum absolute atomic E-state index is 12.7. The number of hydrogen-bond donors (Lipinski definition) is 0. The van der Waals surface area contributed by atoms with Gasteiger partial charge in [0.1, 0.15) is 5.69 Å². The van der Waals surface area contributed by atoms with Crippen LogP contribution in [0.15, 0.2) is 24.3 Å². The van der Waals surface area contributed by atoms with Crippen LogP contribution in [0.4, 0.5) is 11.4 Å². The number of piperidine rings is 1. The van der Waals surface area contributed by atoms with Crippen LogP contribution in [0.2, 0.25) is 0 Å². The van der Waals surface area contributed by atoms with Gasteiger partial charge in [0.2, 0.25) is 5.91 Å². The van der Waals surface area contributed by atoms with Crippen molar-refractivity contribution in [2.45, 2.75) is 32.2 Å². The van der Waals surface area contributed by atoms with E-state index in [1.165, 1.54) is 18.2 Å². The molecule has 0 bridgehead atoms. The van der Waals surface area contributed by atoms with Crippen LogP contribution in [0, 0.1) is 16.0 Å². The monoisotopic (exact) mass is 317 g/mol. The number of nitro groups is 1. The molecule has 7 heteroatoms. The summed E-state index contributed by atoms with van der Waals surface area (Å²) in [6, 6.07) is 5.39. The first-order valence-electron chi connectivity index (χ1n) is 7.83. The molecule has 2 aliphatic heterocycles. The van der Waals surface area contributed by atoms with Gasteiger partial charge >= 0.3 is 0 Å². The second-order valence-corrected chi connectivity index (χ2v) is 6.25. The Morgan fingerprint density at radius 2 is 1.83 bits per heavy atom.